The number of hydrogen-bond acceptors (Lipinski definition) is 7. The zero-order valence-corrected chi connectivity index (χ0v) is 29.7. The lowest BCUT2D eigenvalue weighted by molar-refractivity contribution is -0.199. The van der Waals surface area contributed by atoms with Gasteiger partial charge in [0.25, 0.3) is 5.91 Å². The minimum absolute atomic E-state index is 0.0601. The molecule has 0 spiro atoms. The maximum Gasteiger partial charge on any atom is 0.482 e. The molecule has 1 unspecified atom stereocenters. The van der Waals surface area contributed by atoms with Crippen LogP contribution in [0, 0.1) is 39.8 Å². The number of likely N-dealkylation sites (tertiary alicyclic amines) is 2. The summed E-state index contributed by atoms with van der Waals surface area (Å²) in [5.74, 6) is -0.285. The average molecular weight is 663 g/mol. The SMILES string of the molecule is CC1(C)CCN(C(C)(C)C=C(C#N)C(=O)N2CCCC(OC(=O)N[C@@H](Cc3ccc(F)cc3)B3O[C@@H]4C[C@@H]5C[C@@H](C5(C)C)[C@]4(C)O3)C2)C1. The largest absolute Gasteiger partial charge is 0.482 e. The molecule has 2 bridgehead atoms. The predicted molar refractivity (Wildman–Crippen MR) is 181 cm³/mol. The average Bonchev–Trinajstić information content (AvgIpc) is 3.59. The first kappa shape index (κ1) is 34.9. The van der Waals surface area contributed by atoms with Crippen LogP contribution in [0.3, 0.4) is 0 Å². The van der Waals surface area contributed by atoms with Gasteiger partial charge in [-0.1, -0.05) is 39.8 Å². The molecule has 3 aliphatic heterocycles. The number of carbonyl (C=O) groups excluding carboxylic acids is 2. The van der Waals surface area contributed by atoms with E-state index in [1.54, 1.807) is 23.1 Å². The van der Waals surface area contributed by atoms with Crippen LogP contribution in [-0.2, 0) is 25.3 Å². The fourth-order valence-corrected chi connectivity index (χ4v) is 9.08. The molecule has 1 aromatic carbocycles. The molecule has 6 aliphatic rings. The van der Waals surface area contributed by atoms with Gasteiger partial charge in [0, 0.05) is 18.6 Å². The van der Waals surface area contributed by atoms with Gasteiger partial charge in [-0.3, -0.25) is 9.69 Å². The number of ether oxygens (including phenoxy) is 1. The molecule has 3 aliphatic carbocycles. The lowest BCUT2D eigenvalue weighted by Gasteiger charge is -2.64. The van der Waals surface area contributed by atoms with E-state index in [4.69, 9.17) is 14.0 Å². The summed E-state index contributed by atoms with van der Waals surface area (Å²) in [5, 5.41) is 13.0. The number of carbonyl (C=O) groups is 2. The van der Waals surface area contributed by atoms with E-state index in [9.17, 15) is 19.2 Å². The second kappa shape index (κ2) is 12.7. The number of nitriles is 1. The van der Waals surface area contributed by atoms with Crippen molar-refractivity contribution in [3.05, 3.63) is 47.3 Å². The van der Waals surface area contributed by atoms with E-state index < -0.39 is 36.4 Å². The van der Waals surface area contributed by atoms with Gasteiger partial charge in [0.05, 0.1) is 24.2 Å². The summed E-state index contributed by atoms with van der Waals surface area (Å²) in [4.78, 5) is 31.0. The molecule has 3 saturated carbocycles. The zero-order chi connectivity index (χ0) is 34.6. The molecule has 6 fully saturated rings. The number of amides is 2. The van der Waals surface area contributed by atoms with Crippen molar-refractivity contribution in [2.45, 2.75) is 116 Å². The van der Waals surface area contributed by atoms with Gasteiger partial charge >= 0.3 is 13.2 Å². The van der Waals surface area contributed by atoms with E-state index in [1.807, 2.05) is 13.8 Å². The van der Waals surface area contributed by atoms with E-state index in [0.717, 1.165) is 37.9 Å². The Labute approximate surface area is 285 Å². The number of halogens is 1. The molecule has 3 saturated heterocycles. The number of nitrogens with zero attached hydrogens (tertiary/aromatic N) is 3. The fraction of sp³-hybridized carbons (Fsp3) is 0.703. The van der Waals surface area contributed by atoms with Crippen molar-refractivity contribution in [3.8, 4) is 6.07 Å². The number of alkyl carbamates (subject to hydrolysis) is 1. The molecule has 48 heavy (non-hydrogen) atoms. The van der Waals surface area contributed by atoms with Gasteiger partial charge in [-0.05, 0) is 112 Å². The van der Waals surface area contributed by atoms with Crippen molar-refractivity contribution in [1.29, 1.82) is 5.26 Å². The molecular weight excluding hydrogens is 610 g/mol. The van der Waals surface area contributed by atoms with Gasteiger partial charge in [0.1, 0.15) is 23.6 Å². The number of piperidine rings is 1. The van der Waals surface area contributed by atoms with Crippen molar-refractivity contribution in [1.82, 2.24) is 15.1 Å². The third-order valence-electron chi connectivity index (χ3n) is 12.2. The Morgan fingerprint density at radius 1 is 1.19 bits per heavy atom. The van der Waals surface area contributed by atoms with Crippen LogP contribution in [0.1, 0.15) is 86.1 Å². The molecule has 3 heterocycles. The summed E-state index contributed by atoms with van der Waals surface area (Å²) in [6, 6.07) is 8.37. The summed E-state index contributed by atoms with van der Waals surface area (Å²) in [6.07, 6.45) is 5.31. The summed E-state index contributed by atoms with van der Waals surface area (Å²) in [6.45, 7) is 17.8. The first-order chi connectivity index (χ1) is 22.5. The molecule has 260 valence electrons. The highest BCUT2D eigenvalue weighted by molar-refractivity contribution is 6.47. The molecule has 2 amide bonds. The summed E-state index contributed by atoms with van der Waals surface area (Å²) >= 11 is 0. The first-order valence-electron chi connectivity index (χ1n) is 17.7. The third kappa shape index (κ3) is 6.77. The maximum atomic E-state index is 13.7. The summed E-state index contributed by atoms with van der Waals surface area (Å²) in [5.41, 5.74) is 0.417. The zero-order valence-electron chi connectivity index (χ0n) is 29.7. The van der Waals surface area contributed by atoms with Crippen LogP contribution < -0.4 is 5.32 Å². The van der Waals surface area contributed by atoms with E-state index >= 15 is 0 Å². The van der Waals surface area contributed by atoms with Crippen molar-refractivity contribution in [2.24, 2.45) is 22.7 Å². The Morgan fingerprint density at radius 2 is 1.92 bits per heavy atom. The quantitative estimate of drug-likeness (QED) is 0.217. The highest BCUT2D eigenvalue weighted by Crippen LogP contribution is 2.65. The van der Waals surface area contributed by atoms with Gasteiger partial charge < -0.3 is 24.3 Å². The molecule has 9 nitrogen and oxygen atoms in total. The van der Waals surface area contributed by atoms with Gasteiger partial charge in [0.15, 0.2) is 0 Å². The Balaban J connectivity index is 1.11. The lowest BCUT2D eigenvalue weighted by atomic mass is 9.43. The van der Waals surface area contributed by atoms with Crippen LogP contribution in [0.2, 0.25) is 0 Å². The topological polar surface area (TPSA) is 104 Å². The minimum atomic E-state index is -0.690. The molecule has 0 radical (unpaired) electrons. The van der Waals surface area contributed by atoms with E-state index in [2.05, 4.69) is 50.9 Å². The fourth-order valence-electron chi connectivity index (χ4n) is 9.08. The van der Waals surface area contributed by atoms with Crippen LogP contribution in [0.25, 0.3) is 0 Å². The molecule has 6 atom stereocenters. The predicted octanol–water partition coefficient (Wildman–Crippen LogP) is 5.68. The second-order valence-corrected chi connectivity index (χ2v) is 17.0. The number of hydrogen-bond donors (Lipinski definition) is 1. The van der Waals surface area contributed by atoms with Gasteiger partial charge in [-0.25, -0.2) is 9.18 Å². The molecular formula is C37H52BFN4O5. The Bertz CT molecular complexity index is 1470. The molecule has 0 aromatic heterocycles. The van der Waals surface area contributed by atoms with Crippen molar-refractivity contribution in [3.63, 3.8) is 0 Å². The number of nitrogens with one attached hydrogen (secondary N) is 1. The van der Waals surface area contributed by atoms with E-state index in [1.165, 1.54) is 12.1 Å². The normalized spacial score (nSPS) is 31.8. The van der Waals surface area contributed by atoms with Gasteiger partial charge in [-0.15, -0.1) is 0 Å². The monoisotopic (exact) mass is 662 g/mol. The Hall–Kier alpha value is -2.94. The molecule has 7 rings (SSSR count). The second-order valence-electron chi connectivity index (χ2n) is 17.0. The van der Waals surface area contributed by atoms with E-state index in [-0.39, 0.29) is 40.8 Å². The van der Waals surface area contributed by atoms with Crippen molar-refractivity contribution < 1.29 is 28.0 Å². The highest BCUT2D eigenvalue weighted by atomic mass is 19.1. The standard InChI is InChI=1S/C37H52BFN4O5/c1-34(2)14-16-43(23-34)35(3,4)20-25(21-40)32(44)42-15-8-9-28(22-42)46-33(45)41-31(17-24-10-12-27(39)13-11-24)38-47-30-19-26-18-29(36(26,5)6)37(30,7)48-38/h10-13,20,26,28-31H,8-9,14-19,22-23H2,1-7H3,(H,41,45)/t26-,28?,29-,30+,31-,37-/m0/s1. The summed E-state index contributed by atoms with van der Waals surface area (Å²) < 4.78 is 32.9. The molecule has 11 heteroatoms. The van der Waals surface area contributed by atoms with Crippen molar-refractivity contribution in [2.75, 3.05) is 26.2 Å². The molecule has 1 N–H and O–H groups in total. The third-order valence-corrected chi connectivity index (χ3v) is 12.2. The number of rotatable bonds is 8. The lowest BCUT2D eigenvalue weighted by Crippen LogP contribution is -2.65. The van der Waals surface area contributed by atoms with Crippen LogP contribution in [0.5, 0.6) is 0 Å². The van der Waals surface area contributed by atoms with Crippen LogP contribution in [-0.4, -0.2) is 84.4 Å². The smallest absolute Gasteiger partial charge is 0.444 e. The van der Waals surface area contributed by atoms with Crippen molar-refractivity contribution >= 4 is 19.1 Å². The van der Waals surface area contributed by atoms with Crippen LogP contribution in [0.4, 0.5) is 9.18 Å². The van der Waals surface area contributed by atoms with Crippen LogP contribution >= 0.6 is 0 Å². The Morgan fingerprint density at radius 3 is 2.56 bits per heavy atom. The minimum Gasteiger partial charge on any atom is -0.444 e. The summed E-state index contributed by atoms with van der Waals surface area (Å²) in [7, 11) is -0.690. The molecule has 1 aromatic rings. The van der Waals surface area contributed by atoms with E-state index in [0.29, 0.717) is 37.6 Å². The highest BCUT2D eigenvalue weighted by Gasteiger charge is 2.68. The van der Waals surface area contributed by atoms with Gasteiger partial charge in [-0.2, -0.15) is 5.26 Å². The van der Waals surface area contributed by atoms with Gasteiger partial charge in [0.2, 0.25) is 0 Å². The van der Waals surface area contributed by atoms with Crippen LogP contribution in [0.15, 0.2) is 35.9 Å². The Kier molecular flexibility index (Phi) is 9.27. The maximum absolute atomic E-state index is 13.7. The number of benzene rings is 1. The first-order valence-corrected chi connectivity index (χ1v) is 17.7.